The van der Waals surface area contributed by atoms with E-state index in [1.54, 1.807) is 18.7 Å². The number of hydrogen-bond acceptors (Lipinski definition) is 5. The number of nitrogens with one attached hydrogen (secondary N) is 1. The van der Waals surface area contributed by atoms with Crippen molar-refractivity contribution >= 4 is 5.82 Å². The van der Waals surface area contributed by atoms with Gasteiger partial charge < -0.3 is 11.1 Å². The summed E-state index contributed by atoms with van der Waals surface area (Å²) in [5, 5.41) is 3.40. The second-order valence-corrected chi connectivity index (χ2v) is 4.00. The van der Waals surface area contributed by atoms with Gasteiger partial charge in [0.1, 0.15) is 12.1 Å². The van der Waals surface area contributed by atoms with Gasteiger partial charge in [0, 0.05) is 12.4 Å². The van der Waals surface area contributed by atoms with Crippen molar-refractivity contribution in [1.82, 2.24) is 20.3 Å². The van der Waals surface area contributed by atoms with E-state index in [9.17, 15) is 0 Å². The van der Waals surface area contributed by atoms with Crippen molar-refractivity contribution in [3.05, 3.63) is 48.2 Å². The lowest BCUT2D eigenvalue weighted by atomic mass is 10.0. The van der Waals surface area contributed by atoms with Crippen molar-refractivity contribution in [3.63, 3.8) is 0 Å². The van der Waals surface area contributed by atoms with E-state index >= 15 is 0 Å². The van der Waals surface area contributed by atoms with Gasteiger partial charge in [0.05, 0.1) is 11.7 Å². The highest BCUT2D eigenvalue weighted by Gasteiger charge is 2.13. The number of nitrogens with two attached hydrogens (primary N) is 1. The summed E-state index contributed by atoms with van der Waals surface area (Å²) in [6, 6.07) is 5.94. The van der Waals surface area contributed by atoms with Crippen LogP contribution in [-0.4, -0.2) is 21.5 Å². The predicted octanol–water partition coefficient (Wildman–Crippen LogP) is 1.35. The number of hydrogen-bond donors (Lipinski definition) is 2. The van der Waals surface area contributed by atoms with Crippen LogP contribution in [-0.2, 0) is 6.42 Å². The topological polar surface area (TPSA) is 76.7 Å². The summed E-state index contributed by atoms with van der Waals surface area (Å²) in [6.07, 6.45) is 5.78. The molecular formula is C13H17N5. The van der Waals surface area contributed by atoms with Gasteiger partial charge in [0.2, 0.25) is 0 Å². The first-order valence-electron chi connectivity index (χ1n) is 6.00. The zero-order valence-corrected chi connectivity index (χ0v) is 10.4. The molecule has 2 aromatic heterocycles. The number of pyridine rings is 1. The molecule has 0 aliphatic heterocycles. The predicted molar refractivity (Wildman–Crippen MR) is 70.8 cm³/mol. The minimum Gasteiger partial charge on any atom is -0.383 e. The highest BCUT2D eigenvalue weighted by molar-refractivity contribution is 5.39. The maximum atomic E-state index is 5.87. The molecule has 0 saturated carbocycles. The van der Waals surface area contributed by atoms with Crippen molar-refractivity contribution in [2.75, 3.05) is 12.3 Å². The van der Waals surface area contributed by atoms with E-state index < -0.39 is 0 Å². The van der Waals surface area contributed by atoms with Crippen LogP contribution in [0.25, 0.3) is 0 Å². The lowest BCUT2D eigenvalue weighted by Gasteiger charge is -2.17. The third-order valence-corrected chi connectivity index (χ3v) is 2.76. The summed E-state index contributed by atoms with van der Waals surface area (Å²) in [4.78, 5) is 12.3. The van der Waals surface area contributed by atoms with Crippen LogP contribution < -0.4 is 11.1 Å². The summed E-state index contributed by atoms with van der Waals surface area (Å²) in [7, 11) is 0. The molecule has 0 bridgehead atoms. The van der Waals surface area contributed by atoms with Crippen LogP contribution >= 0.6 is 0 Å². The Labute approximate surface area is 106 Å². The average molecular weight is 243 g/mol. The van der Waals surface area contributed by atoms with Crippen molar-refractivity contribution in [2.24, 2.45) is 0 Å². The fraction of sp³-hybridized carbons (Fsp3) is 0.308. The van der Waals surface area contributed by atoms with Crippen LogP contribution in [0.4, 0.5) is 5.82 Å². The average Bonchev–Trinajstić information content (AvgIpc) is 2.42. The van der Waals surface area contributed by atoms with E-state index in [2.05, 4.69) is 27.2 Å². The minimum atomic E-state index is 0.129. The summed E-state index contributed by atoms with van der Waals surface area (Å²) in [6.45, 7) is 2.94. The summed E-state index contributed by atoms with van der Waals surface area (Å²) >= 11 is 0. The standard InChI is InChI=1S/C13H17N5/c1-2-16-12(11-5-7-15-9-18-11)8-10-4-3-6-17-13(10)14/h3-7,9,12,16H,2,8H2,1H3,(H2,14,17). The molecule has 0 aromatic carbocycles. The monoisotopic (exact) mass is 243 g/mol. The van der Waals surface area contributed by atoms with Crippen molar-refractivity contribution in [3.8, 4) is 0 Å². The SMILES string of the molecule is CCNC(Cc1cccnc1N)c1ccncn1. The van der Waals surface area contributed by atoms with Crippen LogP contribution in [0.2, 0.25) is 0 Å². The first kappa shape index (κ1) is 12.4. The third kappa shape index (κ3) is 3.01. The van der Waals surface area contributed by atoms with Gasteiger partial charge in [-0.3, -0.25) is 0 Å². The lowest BCUT2D eigenvalue weighted by Crippen LogP contribution is -2.24. The molecular weight excluding hydrogens is 226 g/mol. The van der Waals surface area contributed by atoms with Gasteiger partial charge in [-0.2, -0.15) is 0 Å². The summed E-state index contributed by atoms with van der Waals surface area (Å²) < 4.78 is 0. The van der Waals surface area contributed by atoms with Crippen LogP contribution in [0.15, 0.2) is 36.9 Å². The van der Waals surface area contributed by atoms with Crippen LogP contribution in [0.1, 0.15) is 24.2 Å². The zero-order chi connectivity index (χ0) is 12.8. The first-order valence-corrected chi connectivity index (χ1v) is 6.00. The molecule has 0 spiro atoms. The second-order valence-electron chi connectivity index (χ2n) is 4.00. The Morgan fingerprint density at radius 3 is 2.83 bits per heavy atom. The molecule has 2 heterocycles. The normalized spacial score (nSPS) is 12.3. The Bertz CT molecular complexity index is 486. The molecule has 0 fully saturated rings. The molecule has 2 aromatic rings. The maximum absolute atomic E-state index is 5.87. The molecule has 0 amide bonds. The maximum Gasteiger partial charge on any atom is 0.126 e. The molecule has 94 valence electrons. The van der Waals surface area contributed by atoms with Gasteiger partial charge in [-0.15, -0.1) is 0 Å². The number of anilines is 1. The highest BCUT2D eigenvalue weighted by Crippen LogP contribution is 2.18. The summed E-state index contributed by atoms with van der Waals surface area (Å²) in [5.41, 5.74) is 7.87. The minimum absolute atomic E-state index is 0.129. The lowest BCUT2D eigenvalue weighted by molar-refractivity contribution is 0.535. The van der Waals surface area contributed by atoms with E-state index in [0.717, 1.165) is 24.2 Å². The van der Waals surface area contributed by atoms with Gasteiger partial charge >= 0.3 is 0 Å². The molecule has 3 N–H and O–H groups in total. The van der Waals surface area contributed by atoms with Crippen molar-refractivity contribution in [2.45, 2.75) is 19.4 Å². The van der Waals surface area contributed by atoms with Gasteiger partial charge in [-0.25, -0.2) is 15.0 Å². The van der Waals surface area contributed by atoms with E-state index in [4.69, 9.17) is 5.73 Å². The van der Waals surface area contributed by atoms with E-state index in [0.29, 0.717) is 5.82 Å². The zero-order valence-electron chi connectivity index (χ0n) is 10.4. The Morgan fingerprint density at radius 1 is 1.28 bits per heavy atom. The second kappa shape index (κ2) is 6.07. The Balaban J connectivity index is 2.19. The quantitative estimate of drug-likeness (QED) is 0.829. The van der Waals surface area contributed by atoms with Crippen molar-refractivity contribution < 1.29 is 0 Å². The van der Waals surface area contributed by atoms with E-state index in [-0.39, 0.29) is 6.04 Å². The summed E-state index contributed by atoms with van der Waals surface area (Å²) in [5.74, 6) is 0.578. The van der Waals surface area contributed by atoms with Crippen LogP contribution in [0.3, 0.4) is 0 Å². The molecule has 1 unspecified atom stereocenters. The molecule has 1 atom stereocenters. The van der Waals surface area contributed by atoms with Crippen LogP contribution in [0, 0.1) is 0 Å². The smallest absolute Gasteiger partial charge is 0.126 e. The number of rotatable bonds is 5. The van der Waals surface area contributed by atoms with Crippen molar-refractivity contribution in [1.29, 1.82) is 0 Å². The number of nitrogens with zero attached hydrogens (tertiary/aromatic N) is 3. The van der Waals surface area contributed by atoms with Gasteiger partial charge in [-0.05, 0) is 30.7 Å². The van der Waals surface area contributed by atoms with Crippen LogP contribution in [0.5, 0.6) is 0 Å². The molecule has 18 heavy (non-hydrogen) atoms. The largest absolute Gasteiger partial charge is 0.383 e. The Hall–Kier alpha value is -2.01. The molecule has 5 heteroatoms. The van der Waals surface area contributed by atoms with Gasteiger partial charge in [-0.1, -0.05) is 13.0 Å². The van der Waals surface area contributed by atoms with Gasteiger partial charge in [0.25, 0.3) is 0 Å². The molecule has 0 aliphatic rings. The number of likely N-dealkylation sites (N-methyl/N-ethyl adjacent to an activating group) is 1. The van der Waals surface area contributed by atoms with E-state index in [1.165, 1.54) is 0 Å². The molecule has 0 saturated heterocycles. The Kier molecular flexibility index (Phi) is 4.20. The number of aromatic nitrogens is 3. The third-order valence-electron chi connectivity index (χ3n) is 2.76. The fourth-order valence-corrected chi connectivity index (χ4v) is 1.88. The molecule has 5 nitrogen and oxygen atoms in total. The van der Waals surface area contributed by atoms with E-state index in [1.807, 2.05) is 18.2 Å². The highest BCUT2D eigenvalue weighted by atomic mass is 14.9. The fourth-order valence-electron chi connectivity index (χ4n) is 1.88. The molecule has 0 aliphatic carbocycles. The first-order chi connectivity index (χ1) is 8.81. The van der Waals surface area contributed by atoms with Gasteiger partial charge in [0.15, 0.2) is 0 Å². The number of nitrogen functional groups attached to an aromatic ring is 1. The Morgan fingerprint density at radius 2 is 2.17 bits per heavy atom. The molecule has 0 radical (unpaired) electrons. The molecule has 2 rings (SSSR count).